The summed E-state index contributed by atoms with van der Waals surface area (Å²) in [7, 11) is -6.06. The number of aryl methyl sites for hydroxylation is 13. The molecule has 0 aliphatic carbocycles. The van der Waals surface area contributed by atoms with Gasteiger partial charge in [-0.25, -0.2) is 0 Å². The fraction of sp³-hybridized carbons (Fsp3) is 0.342. The quantitative estimate of drug-likeness (QED) is 0.0402. The van der Waals surface area contributed by atoms with Crippen molar-refractivity contribution in [2.75, 3.05) is 19.8 Å². The Kier molecular flexibility index (Phi) is 25.8. The lowest BCUT2D eigenvalue weighted by molar-refractivity contribution is -0.0500. The number of carbonyl (C=O) groups is 3. The minimum absolute atomic E-state index is 0.0972. The average molecular weight is 1370 g/mol. The molecule has 4 heterocycles. The van der Waals surface area contributed by atoms with Crippen molar-refractivity contribution in [3.05, 3.63) is 216 Å². The molecule has 1 saturated heterocycles. The van der Waals surface area contributed by atoms with Crippen molar-refractivity contribution in [3.8, 4) is 62.8 Å². The number of rotatable bonds is 9. The third-order valence-electron chi connectivity index (χ3n) is 18.0. The lowest BCUT2D eigenvalue weighted by Gasteiger charge is -2.32. The molecule has 522 valence electrons. The van der Waals surface area contributed by atoms with Crippen molar-refractivity contribution in [1.29, 1.82) is 5.26 Å². The second-order valence-corrected chi connectivity index (χ2v) is 27.5. The average Bonchev–Trinajstić information content (AvgIpc) is 1.62. The van der Waals surface area contributed by atoms with Gasteiger partial charge in [0.15, 0.2) is 30.7 Å². The summed E-state index contributed by atoms with van der Waals surface area (Å²) in [6, 6.07) is 40.8. The van der Waals surface area contributed by atoms with Crippen LogP contribution in [0.25, 0.3) is 22.3 Å². The molecule has 3 N–H and O–H groups in total. The molecule has 8 aromatic rings. The topological polar surface area (TPSA) is 225 Å². The SMILES string of the molecule is CC1(C)OB(c2ccc3c(c2)CCCO3)OC1(C)C.Cc1ccc(C)c(-c2ccc3c(c2)CCCO3)c1C=O.Cc1ccc(C)c(C(O)C#N)c1-c1ccc2c(c1)CCCO2.Cc1ccc(C)c(C=O)c1O.Cc1ccc(C)c(O)c1.Cc1ccc(C)c(OS(=O)(=O)C(F)(F)F)c1C=O. The number of aliphatic hydroxyl groups excluding tert-OH is 1. The summed E-state index contributed by atoms with van der Waals surface area (Å²) in [5.74, 6) is 2.82. The summed E-state index contributed by atoms with van der Waals surface area (Å²) >= 11 is 0. The van der Waals surface area contributed by atoms with Crippen molar-refractivity contribution in [3.63, 3.8) is 0 Å². The van der Waals surface area contributed by atoms with Crippen LogP contribution in [0.1, 0.15) is 162 Å². The van der Waals surface area contributed by atoms with Crippen LogP contribution >= 0.6 is 0 Å². The third kappa shape index (κ3) is 18.7. The van der Waals surface area contributed by atoms with Crippen LogP contribution in [0.2, 0.25) is 0 Å². The molecule has 8 aromatic carbocycles. The number of alkyl halides is 3. The minimum Gasteiger partial charge on any atom is -0.508 e. The standard InChI is InChI=1S/C19H19NO2.C18H18O2.C15H21BO3.C10H9F3O4S.C9H10O2.C8H10O/c1-12-5-6-13(2)19(16(21)11-20)18(12)15-7-8-17-14(10-15)4-3-9-22-17;1-12-5-6-13(2)18(16(12)11-19)15-7-8-17-14(10-15)4-3-9-20-17;1-14(2)15(3,4)19-16(18-14)12-7-8-13-11(10-12)6-5-9-17-13;1-6-3-4-7(2)9(8(6)5-14)17-18(15,16)10(11,12)13;1-6-3-4-7(2)9(11)8(6)5-10;1-6-3-4-7(2)8(9)5-6/h5-8,10,16,21H,3-4,9H2,1-2H3;5-8,10-11H,3-4,9H2,1-2H3;7-8,10H,5-6,9H2,1-4H3;3-5H,1-2H3;3-5,11H,1-2H3;3-5,9H,1-2H3. The number of halogens is 3. The molecule has 0 aromatic heterocycles. The number of aliphatic hydroxyl groups is 1. The predicted octanol–water partition coefficient (Wildman–Crippen LogP) is 16.4. The number of hydrogen-bond donors (Lipinski definition) is 3. The van der Waals surface area contributed by atoms with Crippen molar-refractivity contribution in [2.45, 2.75) is 158 Å². The Bertz CT molecular complexity index is 4410. The Morgan fingerprint density at radius 2 is 0.939 bits per heavy atom. The van der Waals surface area contributed by atoms with E-state index in [2.05, 4.69) is 69.1 Å². The van der Waals surface area contributed by atoms with Gasteiger partial charge in [0.2, 0.25) is 0 Å². The van der Waals surface area contributed by atoms with Gasteiger partial charge < -0.3 is 43.0 Å². The summed E-state index contributed by atoms with van der Waals surface area (Å²) in [5.41, 5.74) is 12.7. The van der Waals surface area contributed by atoms with Crippen LogP contribution in [0, 0.1) is 80.6 Å². The monoisotopic (exact) mass is 1370 g/mol. The molecule has 20 heteroatoms. The van der Waals surface area contributed by atoms with Crippen molar-refractivity contribution in [1.82, 2.24) is 0 Å². The number of hydrogen-bond acceptors (Lipinski definition) is 15. The number of phenols is 2. The van der Waals surface area contributed by atoms with E-state index in [1.165, 1.54) is 42.7 Å². The van der Waals surface area contributed by atoms with Crippen LogP contribution < -0.4 is 23.9 Å². The van der Waals surface area contributed by atoms with E-state index < -0.39 is 27.5 Å². The van der Waals surface area contributed by atoms with Gasteiger partial charge in [0.05, 0.1) is 48.2 Å². The number of fused-ring (bicyclic) bond motifs is 3. The number of phenolic OH excluding ortho intramolecular Hbond substituents is 2. The zero-order chi connectivity index (χ0) is 72.9. The van der Waals surface area contributed by atoms with Crippen molar-refractivity contribution < 1.29 is 79.0 Å². The van der Waals surface area contributed by atoms with E-state index in [0.29, 0.717) is 28.7 Å². The summed E-state index contributed by atoms with van der Waals surface area (Å²) in [6.45, 7) is 28.9. The molecule has 15 nitrogen and oxygen atoms in total. The first-order chi connectivity index (χ1) is 46.7. The van der Waals surface area contributed by atoms with E-state index in [9.17, 15) is 46.2 Å². The van der Waals surface area contributed by atoms with Crippen LogP contribution in [-0.4, -0.2) is 86.2 Å². The molecular formula is C79H87BF3NO14S. The van der Waals surface area contributed by atoms with E-state index in [4.69, 9.17) is 33.9 Å². The molecule has 0 bridgehead atoms. The minimum atomic E-state index is -5.78. The molecule has 4 aliphatic heterocycles. The van der Waals surface area contributed by atoms with Gasteiger partial charge in [-0.15, -0.1) is 0 Å². The van der Waals surface area contributed by atoms with Gasteiger partial charge in [0, 0.05) is 11.1 Å². The Hall–Kier alpha value is -9.26. The summed E-state index contributed by atoms with van der Waals surface area (Å²) in [6.07, 6.45) is 7.08. The summed E-state index contributed by atoms with van der Waals surface area (Å²) < 4.78 is 91.5. The Balaban J connectivity index is 0.000000171. The van der Waals surface area contributed by atoms with Gasteiger partial charge in [0.1, 0.15) is 28.7 Å². The maximum Gasteiger partial charge on any atom is 0.534 e. The molecule has 12 rings (SSSR count). The third-order valence-corrected chi connectivity index (χ3v) is 19.0. The van der Waals surface area contributed by atoms with Gasteiger partial charge in [-0.2, -0.15) is 26.9 Å². The largest absolute Gasteiger partial charge is 0.534 e. The zero-order valence-corrected chi connectivity index (χ0v) is 59.4. The van der Waals surface area contributed by atoms with Gasteiger partial charge in [0.25, 0.3) is 0 Å². The fourth-order valence-corrected chi connectivity index (χ4v) is 12.0. The van der Waals surface area contributed by atoms with E-state index >= 15 is 0 Å². The molecular weight excluding hydrogens is 1290 g/mol. The number of aromatic hydroxyl groups is 2. The second-order valence-electron chi connectivity index (χ2n) is 26.0. The molecule has 0 saturated carbocycles. The van der Waals surface area contributed by atoms with Crippen LogP contribution in [0.3, 0.4) is 0 Å². The van der Waals surface area contributed by atoms with Gasteiger partial charge in [-0.05, 0) is 272 Å². The second kappa shape index (κ2) is 33.1. The highest BCUT2D eigenvalue weighted by Gasteiger charge is 2.52. The Morgan fingerprint density at radius 3 is 1.40 bits per heavy atom. The number of aldehydes is 3. The summed E-state index contributed by atoms with van der Waals surface area (Å²) in [4.78, 5) is 32.7. The van der Waals surface area contributed by atoms with Crippen molar-refractivity contribution in [2.24, 2.45) is 0 Å². The highest BCUT2D eigenvalue weighted by molar-refractivity contribution is 7.88. The number of ether oxygens (including phenoxy) is 3. The van der Waals surface area contributed by atoms with Crippen LogP contribution in [0.4, 0.5) is 13.2 Å². The number of benzene rings is 8. The first-order valence-electron chi connectivity index (χ1n) is 32.6. The maximum atomic E-state index is 12.2. The molecule has 0 amide bonds. The van der Waals surface area contributed by atoms with Crippen molar-refractivity contribution >= 4 is 41.6 Å². The van der Waals surface area contributed by atoms with E-state index in [1.54, 1.807) is 26.0 Å². The first kappa shape index (κ1) is 77.1. The van der Waals surface area contributed by atoms with E-state index in [-0.39, 0.29) is 41.5 Å². The van der Waals surface area contributed by atoms with Gasteiger partial charge in [-0.1, -0.05) is 84.9 Å². The molecule has 4 aliphatic rings. The van der Waals surface area contributed by atoms with Crippen LogP contribution in [-0.2, 0) is 38.7 Å². The fourth-order valence-electron chi connectivity index (χ4n) is 11.4. The molecule has 99 heavy (non-hydrogen) atoms. The molecule has 1 atom stereocenters. The first-order valence-corrected chi connectivity index (χ1v) is 34.0. The molecule has 0 spiro atoms. The van der Waals surface area contributed by atoms with Gasteiger partial charge >= 0.3 is 22.7 Å². The number of nitriles is 1. The normalized spacial score (nSPS) is 14.7. The highest BCUT2D eigenvalue weighted by atomic mass is 32.2. The molecule has 0 radical (unpaired) electrons. The summed E-state index contributed by atoms with van der Waals surface area (Å²) in [5, 5.41) is 37.7. The van der Waals surface area contributed by atoms with E-state index in [1.807, 2.05) is 107 Å². The lowest BCUT2D eigenvalue weighted by atomic mass is 9.78. The smallest absolute Gasteiger partial charge is 0.508 e. The predicted molar refractivity (Wildman–Crippen MR) is 380 cm³/mol. The van der Waals surface area contributed by atoms with Gasteiger partial charge in [-0.3, -0.25) is 14.4 Å². The number of nitrogens with zero attached hydrogens (tertiary/aromatic N) is 1. The zero-order valence-electron chi connectivity index (χ0n) is 58.6. The number of carbonyl (C=O) groups excluding carboxylic acids is 3. The lowest BCUT2D eigenvalue weighted by Crippen LogP contribution is -2.41. The molecule has 1 fully saturated rings. The molecule has 1 unspecified atom stereocenters. The maximum absolute atomic E-state index is 12.2. The Morgan fingerprint density at radius 1 is 0.525 bits per heavy atom. The highest BCUT2D eigenvalue weighted by Crippen LogP contribution is 2.40. The van der Waals surface area contributed by atoms with E-state index in [0.717, 1.165) is 160 Å². The Labute approximate surface area is 579 Å². The van der Waals surface area contributed by atoms with Crippen LogP contribution in [0.15, 0.2) is 121 Å². The van der Waals surface area contributed by atoms with Crippen LogP contribution in [0.5, 0.6) is 34.5 Å².